The first kappa shape index (κ1) is 23.8. The molecule has 0 unspecified atom stereocenters. The fourth-order valence-corrected chi connectivity index (χ4v) is 3.30. The fourth-order valence-electron chi connectivity index (χ4n) is 3.03. The van der Waals surface area contributed by atoms with Crippen molar-refractivity contribution >= 4 is 40.9 Å². The number of carbonyl (C=O) groups excluding carboxylic acids is 2. The lowest BCUT2D eigenvalue weighted by molar-refractivity contribution is -0.140. The number of benzene rings is 2. The minimum atomic E-state index is -1.13. The third-order valence-corrected chi connectivity index (χ3v) is 5.17. The van der Waals surface area contributed by atoms with Crippen molar-refractivity contribution in [3.05, 3.63) is 64.9 Å². The molecule has 33 heavy (non-hydrogen) atoms. The van der Waals surface area contributed by atoms with Crippen molar-refractivity contribution in [2.24, 2.45) is 5.92 Å². The van der Waals surface area contributed by atoms with Crippen LogP contribution in [0.3, 0.4) is 0 Å². The Morgan fingerprint density at radius 1 is 1.06 bits per heavy atom. The average molecular weight is 471 g/mol. The summed E-state index contributed by atoms with van der Waals surface area (Å²) >= 11 is 6.13. The molecule has 3 rings (SSSR count). The molecule has 1 aromatic heterocycles. The number of rotatable bonds is 7. The molecule has 0 saturated heterocycles. The monoisotopic (exact) mass is 470 g/mol. The van der Waals surface area contributed by atoms with Crippen LogP contribution in [0.25, 0.3) is 11.3 Å². The maximum atomic E-state index is 12.3. The van der Waals surface area contributed by atoms with Gasteiger partial charge in [0.15, 0.2) is 0 Å². The van der Waals surface area contributed by atoms with E-state index in [1.54, 1.807) is 50.2 Å². The van der Waals surface area contributed by atoms with Crippen LogP contribution in [-0.4, -0.2) is 34.2 Å². The van der Waals surface area contributed by atoms with Crippen molar-refractivity contribution in [3.8, 4) is 11.3 Å². The van der Waals surface area contributed by atoms with Gasteiger partial charge in [-0.1, -0.05) is 54.9 Å². The molecule has 9 nitrogen and oxygen atoms in total. The van der Waals surface area contributed by atoms with E-state index >= 15 is 0 Å². The summed E-state index contributed by atoms with van der Waals surface area (Å²) in [7, 11) is 0. The summed E-state index contributed by atoms with van der Waals surface area (Å²) in [5, 5.41) is 21.4. The van der Waals surface area contributed by atoms with Crippen LogP contribution in [0.2, 0.25) is 5.02 Å². The van der Waals surface area contributed by atoms with E-state index in [1.807, 2.05) is 13.0 Å². The summed E-state index contributed by atoms with van der Waals surface area (Å²) in [6, 6.07) is 12.0. The Hall–Kier alpha value is -3.85. The third kappa shape index (κ3) is 5.89. The number of halogens is 1. The summed E-state index contributed by atoms with van der Waals surface area (Å²) in [6.07, 6.45) is 0. The highest BCUT2D eigenvalue weighted by atomic mass is 35.5. The number of carboxylic acids is 1. The molecule has 1 atom stereocenters. The molecule has 0 aliphatic rings. The molecule has 0 spiro atoms. The van der Waals surface area contributed by atoms with Gasteiger partial charge in [0, 0.05) is 17.3 Å². The zero-order valence-electron chi connectivity index (χ0n) is 18.2. The van der Waals surface area contributed by atoms with E-state index in [4.69, 9.17) is 16.1 Å². The highest BCUT2D eigenvalue weighted by molar-refractivity contribution is 6.34. The van der Waals surface area contributed by atoms with Crippen molar-refractivity contribution < 1.29 is 24.0 Å². The zero-order valence-corrected chi connectivity index (χ0v) is 18.9. The second-order valence-electron chi connectivity index (χ2n) is 7.70. The topological polar surface area (TPSA) is 134 Å². The lowest BCUT2D eigenvalue weighted by atomic mass is 10.0. The summed E-state index contributed by atoms with van der Waals surface area (Å²) in [6.45, 7) is 5.22. The van der Waals surface area contributed by atoms with Crippen LogP contribution >= 0.6 is 11.6 Å². The molecule has 3 aromatic rings. The Kier molecular flexibility index (Phi) is 7.34. The van der Waals surface area contributed by atoms with Crippen LogP contribution in [0.5, 0.6) is 0 Å². The SMILES string of the molecule is Cc1cccc(Cl)c1NC(=O)Nc1ccc(-c2cc(C(=O)N[C@H](C(=O)O)C(C)C)on2)cc1. The van der Waals surface area contributed by atoms with Crippen LogP contribution in [0.4, 0.5) is 16.2 Å². The van der Waals surface area contributed by atoms with Crippen LogP contribution in [0.1, 0.15) is 30.0 Å². The molecule has 3 amide bonds. The van der Waals surface area contributed by atoms with E-state index in [0.29, 0.717) is 27.7 Å². The minimum absolute atomic E-state index is 0.103. The normalized spacial score (nSPS) is 11.7. The number of aromatic nitrogens is 1. The number of aryl methyl sites for hydroxylation is 1. The molecule has 4 N–H and O–H groups in total. The zero-order chi connectivity index (χ0) is 24.1. The highest BCUT2D eigenvalue weighted by Gasteiger charge is 2.26. The van der Waals surface area contributed by atoms with Gasteiger partial charge < -0.3 is 25.6 Å². The predicted molar refractivity (Wildman–Crippen MR) is 124 cm³/mol. The number of hydrogen-bond donors (Lipinski definition) is 4. The number of para-hydroxylation sites is 1. The van der Waals surface area contributed by atoms with Gasteiger partial charge in [-0.2, -0.15) is 0 Å². The van der Waals surface area contributed by atoms with Crippen molar-refractivity contribution in [2.75, 3.05) is 10.6 Å². The number of nitrogens with one attached hydrogen (secondary N) is 3. The maximum absolute atomic E-state index is 12.3. The standard InChI is InChI=1S/C23H23ClN4O5/c1-12(2)19(22(30)31)26-21(29)18-11-17(28-33-18)14-7-9-15(10-8-14)25-23(32)27-20-13(3)5-4-6-16(20)24/h4-12,19H,1-3H3,(H,26,29)(H,30,31)(H2,25,27,32)/t19-/m0/s1. The van der Waals surface area contributed by atoms with Crippen molar-refractivity contribution in [1.29, 1.82) is 0 Å². The molecule has 1 heterocycles. The second kappa shape index (κ2) is 10.2. The van der Waals surface area contributed by atoms with E-state index in [0.717, 1.165) is 5.56 Å². The summed E-state index contributed by atoms with van der Waals surface area (Å²) in [5.41, 5.74) is 2.93. The van der Waals surface area contributed by atoms with Crippen LogP contribution in [0.15, 0.2) is 53.1 Å². The van der Waals surface area contributed by atoms with Gasteiger partial charge in [-0.05, 0) is 36.6 Å². The second-order valence-corrected chi connectivity index (χ2v) is 8.11. The number of urea groups is 1. The Morgan fingerprint density at radius 2 is 1.76 bits per heavy atom. The number of carboxylic acid groups (broad SMARTS) is 1. The number of anilines is 2. The van der Waals surface area contributed by atoms with E-state index < -0.39 is 23.9 Å². The number of hydrogen-bond acceptors (Lipinski definition) is 5. The first-order chi connectivity index (χ1) is 15.7. The lowest BCUT2D eigenvalue weighted by Gasteiger charge is -2.16. The summed E-state index contributed by atoms with van der Waals surface area (Å²) < 4.78 is 5.08. The molecule has 172 valence electrons. The van der Waals surface area contributed by atoms with E-state index in [9.17, 15) is 19.5 Å². The van der Waals surface area contributed by atoms with Crippen molar-refractivity contribution in [1.82, 2.24) is 10.5 Å². The van der Waals surface area contributed by atoms with Gasteiger partial charge in [0.1, 0.15) is 11.7 Å². The minimum Gasteiger partial charge on any atom is -0.480 e. The Morgan fingerprint density at radius 3 is 2.36 bits per heavy atom. The Balaban J connectivity index is 1.65. The van der Waals surface area contributed by atoms with Gasteiger partial charge in [0.25, 0.3) is 5.91 Å². The Labute approximate surface area is 195 Å². The predicted octanol–water partition coefficient (Wildman–Crippen LogP) is 4.79. The molecule has 0 aliphatic carbocycles. The molecular weight excluding hydrogens is 448 g/mol. The molecule has 0 radical (unpaired) electrons. The first-order valence-electron chi connectivity index (χ1n) is 10.1. The number of nitrogens with zero attached hydrogens (tertiary/aromatic N) is 1. The summed E-state index contributed by atoms with van der Waals surface area (Å²) in [4.78, 5) is 35.9. The smallest absolute Gasteiger partial charge is 0.326 e. The largest absolute Gasteiger partial charge is 0.480 e. The fraction of sp³-hybridized carbons (Fsp3) is 0.217. The number of aliphatic carboxylic acids is 1. The molecule has 0 fully saturated rings. The number of carbonyl (C=O) groups is 3. The van der Waals surface area contributed by atoms with Gasteiger partial charge >= 0.3 is 12.0 Å². The molecule has 0 bridgehead atoms. The molecule has 0 aliphatic heterocycles. The lowest BCUT2D eigenvalue weighted by Crippen LogP contribution is -2.44. The van der Waals surface area contributed by atoms with Gasteiger partial charge in [0.2, 0.25) is 5.76 Å². The molecule has 10 heteroatoms. The summed E-state index contributed by atoms with van der Waals surface area (Å²) in [5.74, 6) is -2.20. The van der Waals surface area contributed by atoms with Gasteiger partial charge in [-0.25, -0.2) is 9.59 Å². The van der Waals surface area contributed by atoms with Crippen molar-refractivity contribution in [3.63, 3.8) is 0 Å². The van der Waals surface area contributed by atoms with E-state index in [1.165, 1.54) is 6.07 Å². The highest BCUT2D eigenvalue weighted by Crippen LogP contribution is 2.26. The average Bonchev–Trinajstić information content (AvgIpc) is 3.25. The number of amides is 3. The molecule has 2 aromatic carbocycles. The third-order valence-electron chi connectivity index (χ3n) is 4.85. The van der Waals surface area contributed by atoms with Gasteiger partial charge in [-0.15, -0.1) is 0 Å². The Bertz CT molecular complexity index is 1150. The maximum Gasteiger partial charge on any atom is 0.326 e. The van der Waals surface area contributed by atoms with Crippen molar-refractivity contribution in [2.45, 2.75) is 26.8 Å². The first-order valence-corrected chi connectivity index (χ1v) is 10.5. The van der Waals surface area contributed by atoms with Crippen LogP contribution in [-0.2, 0) is 4.79 Å². The molecular formula is C23H23ClN4O5. The quantitative estimate of drug-likeness (QED) is 0.392. The van der Waals surface area contributed by atoms with E-state index in [-0.39, 0.29) is 11.7 Å². The molecule has 0 saturated carbocycles. The van der Waals surface area contributed by atoms with Gasteiger partial charge in [-0.3, -0.25) is 4.79 Å². The van der Waals surface area contributed by atoms with Gasteiger partial charge in [0.05, 0.1) is 10.7 Å². The van der Waals surface area contributed by atoms with Crippen LogP contribution in [0, 0.1) is 12.8 Å². The van der Waals surface area contributed by atoms with Crippen LogP contribution < -0.4 is 16.0 Å². The van der Waals surface area contributed by atoms with E-state index in [2.05, 4.69) is 21.1 Å².